The fourth-order valence-corrected chi connectivity index (χ4v) is 4.25. The van der Waals surface area contributed by atoms with Crippen molar-refractivity contribution in [2.24, 2.45) is 5.92 Å². The van der Waals surface area contributed by atoms with Crippen LogP contribution in [0.15, 0.2) is 60.7 Å². The molecule has 1 saturated heterocycles. The van der Waals surface area contributed by atoms with Crippen LogP contribution in [-0.2, 0) is 11.3 Å². The van der Waals surface area contributed by atoms with Crippen LogP contribution in [0.5, 0.6) is 5.75 Å². The molecule has 1 heterocycles. The highest BCUT2D eigenvalue weighted by molar-refractivity contribution is 6.00. The lowest BCUT2D eigenvalue weighted by atomic mass is 9.88. The maximum Gasteiger partial charge on any atom is 0.341 e. The zero-order valence-electron chi connectivity index (χ0n) is 17.0. The minimum absolute atomic E-state index is 0.0235. The van der Waals surface area contributed by atoms with Gasteiger partial charge < -0.3 is 9.84 Å². The van der Waals surface area contributed by atoms with Gasteiger partial charge in [0.15, 0.2) is 5.78 Å². The van der Waals surface area contributed by atoms with E-state index in [1.54, 1.807) is 6.07 Å². The average Bonchev–Trinajstić information content (AvgIpc) is 2.80. The number of Topliss-reactive ketones (excluding diaryl/α,β-unsaturated/α-hetero) is 1. The van der Waals surface area contributed by atoms with Gasteiger partial charge >= 0.3 is 5.97 Å². The molecule has 3 aromatic carbocycles. The molecule has 0 amide bonds. The molecule has 0 aromatic heterocycles. The lowest BCUT2D eigenvalue weighted by Crippen LogP contribution is -2.36. The Kier molecular flexibility index (Phi) is 5.81. The van der Waals surface area contributed by atoms with Crippen molar-refractivity contribution in [3.8, 4) is 5.75 Å². The number of carbonyl (C=O) groups excluding carboxylic acids is 2. The Morgan fingerprint density at radius 2 is 1.70 bits per heavy atom. The van der Waals surface area contributed by atoms with Crippen molar-refractivity contribution in [1.29, 1.82) is 0 Å². The van der Waals surface area contributed by atoms with Crippen molar-refractivity contribution in [3.05, 3.63) is 77.4 Å². The Morgan fingerprint density at radius 3 is 2.40 bits per heavy atom. The first-order valence-electron chi connectivity index (χ1n) is 10.2. The Bertz CT molecular complexity index is 1070. The third kappa shape index (κ3) is 3.94. The maximum absolute atomic E-state index is 12.7. The molecule has 4 rings (SSSR count). The highest BCUT2D eigenvalue weighted by atomic mass is 16.5. The second kappa shape index (κ2) is 8.67. The summed E-state index contributed by atoms with van der Waals surface area (Å²) in [5, 5.41) is 12.6. The molecular formula is C25H25NO4. The van der Waals surface area contributed by atoms with Gasteiger partial charge in [-0.05, 0) is 42.8 Å². The van der Waals surface area contributed by atoms with E-state index in [1.807, 2.05) is 54.6 Å². The monoisotopic (exact) mass is 403 g/mol. The first kappa shape index (κ1) is 20.1. The third-order valence-corrected chi connectivity index (χ3v) is 5.93. The predicted octanol–water partition coefficient (Wildman–Crippen LogP) is 4.43. The van der Waals surface area contributed by atoms with Gasteiger partial charge in [0.05, 0.1) is 7.11 Å². The van der Waals surface area contributed by atoms with Crippen LogP contribution in [0.3, 0.4) is 0 Å². The normalized spacial score (nSPS) is 15.2. The topological polar surface area (TPSA) is 66.8 Å². The van der Waals surface area contributed by atoms with Gasteiger partial charge in [0.25, 0.3) is 0 Å². The fourth-order valence-electron chi connectivity index (χ4n) is 4.25. The van der Waals surface area contributed by atoms with E-state index in [4.69, 9.17) is 4.74 Å². The summed E-state index contributed by atoms with van der Waals surface area (Å²) in [4.78, 5) is 27.1. The van der Waals surface area contributed by atoms with E-state index >= 15 is 0 Å². The van der Waals surface area contributed by atoms with Crippen LogP contribution in [0.4, 0.5) is 0 Å². The smallest absolute Gasteiger partial charge is 0.341 e. The van der Waals surface area contributed by atoms with Crippen LogP contribution in [0.2, 0.25) is 0 Å². The Labute approximate surface area is 175 Å². The molecule has 0 spiro atoms. The number of carbonyl (C=O) groups is 2. The SMILES string of the molecule is COC(=O)c1cc2ccccc2c(CN2CCC(C(=O)c3ccccc3)CC2)c1O. The number of hydrogen-bond donors (Lipinski definition) is 1. The largest absolute Gasteiger partial charge is 0.507 e. The summed E-state index contributed by atoms with van der Waals surface area (Å²) in [7, 11) is 1.31. The van der Waals surface area contributed by atoms with E-state index in [2.05, 4.69) is 4.90 Å². The molecule has 1 aliphatic heterocycles. The quantitative estimate of drug-likeness (QED) is 0.504. The highest BCUT2D eigenvalue weighted by Gasteiger charge is 2.27. The molecule has 154 valence electrons. The lowest BCUT2D eigenvalue weighted by Gasteiger charge is -2.32. The maximum atomic E-state index is 12.7. The summed E-state index contributed by atoms with van der Waals surface area (Å²) < 4.78 is 4.84. The van der Waals surface area contributed by atoms with Crippen molar-refractivity contribution < 1.29 is 19.4 Å². The number of likely N-dealkylation sites (tertiary alicyclic amines) is 1. The van der Waals surface area contributed by atoms with Crippen molar-refractivity contribution in [1.82, 2.24) is 4.90 Å². The van der Waals surface area contributed by atoms with Gasteiger partial charge in [0.1, 0.15) is 11.3 Å². The minimum Gasteiger partial charge on any atom is -0.507 e. The number of fused-ring (bicyclic) bond motifs is 1. The fraction of sp³-hybridized carbons (Fsp3) is 0.280. The van der Waals surface area contributed by atoms with E-state index in [0.717, 1.165) is 47.8 Å². The number of methoxy groups -OCH3 is 1. The van der Waals surface area contributed by atoms with Gasteiger partial charge in [-0.3, -0.25) is 9.69 Å². The molecule has 5 nitrogen and oxygen atoms in total. The van der Waals surface area contributed by atoms with Crippen LogP contribution < -0.4 is 0 Å². The zero-order chi connectivity index (χ0) is 21.1. The van der Waals surface area contributed by atoms with Crippen LogP contribution in [0.25, 0.3) is 10.8 Å². The number of phenolic OH excluding ortho intramolecular Hbond substituents is 1. The second-order valence-electron chi connectivity index (χ2n) is 7.74. The summed E-state index contributed by atoms with van der Waals surface area (Å²) in [5.41, 5.74) is 1.67. The van der Waals surface area contributed by atoms with Gasteiger partial charge in [-0.1, -0.05) is 54.6 Å². The molecule has 0 atom stereocenters. The zero-order valence-corrected chi connectivity index (χ0v) is 17.0. The Hall–Kier alpha value is -3.18. The number of nitrogens with zero attached hydrogens (tertiary/aromatic N) is 1. The highest BCUT2D eigenvalue weighted by Crippen LogP contribution is 2.34. The minimum atomic E-state index is -0.549. The molecule has 0 radical (unpaired) electrons. The van der Waals surface area contributed by atoms with E-state index < -0.39 is 5.97 Å². The third-order valence-electron chi connectivity index (χ3n) is 5.93. The Morgan fingerprint density at radius 1 is 1.03 bits per heavy atom. The number of phenols is 1. The molecular weight excluding hydrogens is 378 g/mol. The van der Waals surface area contributed by atoms with Crippen molar-refractivity contribution in [2.75, 3.05) is 20.2 Å². The first-order chi connectivity index (χ1) is 14.6. The molecule has 3 aromatic rings. The number of benzene rings is 3. The van der Waals surface area contributed by atoms with Gasteiger partial charge in [-0.15, -0.1) is 0 Å². The summed E-state index contributed by atoms with van der Waals surface area (Å²) in [6, 6.07) is 18.8. The summed E-state index contributed by atoms with van der Waals surface area (Å²) in [6.45, 7) is 2.04. The van der Waals surface area contributed by atoms with E-state index in [0.29, 0.717) is 6.54 Å². The van der Waals surface area contributed by atoms with Gasteiger partial charge in [-0.25, -0.2) is 4.79 Å². The van der Waals surface area contributed by atoms with E-state index in [1.165, 1.54) is 7.11 Å². The van der Waals surface area contributed by atoms with Crippen molar-refractivity contribution in [3.63, 3.8) is 0 Å². The first-order valence-corrected chi connectivity index (χ1v) is 10.2. The van der Waals surface area contributed by atoms with Crippen LogP contribution in [-0.4, -0.2) is 42.0 Å². The van der Waals surface area contributed by atoms with Gasteiger partial charge in [0, 0.05) is 23.6 Å². The second-order valence-corrected chi connectivity index (χ2v) is 7.74. The van der Waals surface area contributed by atoms with Crippen LogP contribution in [0.1, 0.15) is 39.1 Å². The molecule has 1 aliphatic rings. The molecule has 1 fully saturated rings. The molecule has 0 bridgehead atoms. The van der Waals surface area contributed by atoms with E-state index in [-0.39, 0.29) is 23.0 Å². The number of aromatic hydroxyl groups is 1. The summed E-state index contributed by atoms with van der Waals surface area (Å²) in [6.07, 6.45) is 1.56. The number of ether oxygens (including phenoxy) is 1. The van der Waals surface area contributed by atoms with Crippen molar-refractivity contribution >= 4 is 22.5 Å². The Balaban J connectivity index is 1.53. The number of hydrogen-bond acceptors (Lipinski definition) is 5. The van der Waals surface area contributed by atoms with Gasteiger partial charge in [0.2, 0.25) is 0 Å². The molecule has 0 unspecified atom stereocenters. The van der Waals surface area contributed by atoms with Gasteiger partial charge in [-0.2, -0.15) is 0 Å². The number of rotatable bonds is 5. The molecule has 5 heteroatoms. The van der Waals surface area contributed by atoms with Crippen LogP contribution >= 0.6 is 0 Å². The molecule has 30 heavy (non-hydrogen) atoms. The van der Waals surface area contributed by atoms with Crippen molar-refractivity contribution in [2.45, 2.75) is 19.4 Å². The molecule has 1 N–H and O–H groups in total. The average molecular weight is 403 g/mol. The summed E-state index contributed by atoms with van der Waals surface area (Å²) in [5.74, 6) is -0.346. The summed E-state index contributed by atoms with van der Waals surface area (Å²) >= 11 is 0. The number of piperidine rings is 1. The number of ketones is 1. The van der Waals surface area contributed by atoms with E-state index in [9.17, 15) is 14.7 Å². The molecule has 0 saturated carbocycles. The molecule has 0 aliphatic carbocycles. The standard InChI is InChI=1S/C25H25NO4/c1-30-25(29)21-15-19-9-5-6-10-20(19)22(24(21)28)16-26-13-11-18(12-14-26)23(27)17-7-3-2-4-8-17/h2-10,15,18,28H,11-14,16H2,1H3. The lowest BCUT2D eigenvalue weighted by molar-refractivity contribution is 0.0596. The predicted molar refractivity (Wildman–Crippen MR) is 116 cm³/mol. The number of esters is 1. The van der Waals surface area contributed by atoms with Crippen LogP contribution in [0, 0.1) is 5.92 Å².